The summed E-state index contributed by atoms with van der Waals surface area (Å²) in [4.78, 5) is 21.0. The first-order chi connectivity index (χ1) is 8.67. The van der Waals surface area contributed by atoms with Crippen LogP contribution in [0.15, 0.2) is 12.4 Å². The summed E-state index contributed by atoms with van der Waals surface area (Å²) < 4.78 is 1.85. The first-order valence-electron chi connectivity index (χ1n) is 5.69. The molecule has 1 aromatic rings. The van der Waals surface area contributed by atoms with E-state index in [2.05, 4.69) is 10.4 Å². The van der Waals surface area contributed by atoms with Crippen LogP contribution >= 0.6 is 11.8 Å². The molecule has 0 saturated heterocycles. The fourth-order valence-electron chi connectivity index (χ4n) is 1.41. The Kier molecular flexibility index (Phi) is 6.27. The van der Waals surface area contributed by atoms with Gasteiger partial charge in [-0.25, -0.2) is 4.79 Å². The molecule has 0 radical (unpaired) electrons. The van der Waals surface area contributed by atoms with E-state index in [0.717, 1.165) is 17.9 Å². The molecule has 0 spiro atoms. The van der Waals surface area contributed by atoms with Gasteiger partial charge in [0.1, 0.15) is 6.04 Å². The number of aromatic nitrogens is 2. The average Bonchev–Trinajstić information content (AvgIpc) is 2.80. The zero-order valence-corrected chi connectivity index (χ0v) is 11.0. The molecule has 1 heterocycles. The molecule has 1 rings (SSSR count). The van der Waals surface area contributed by atoms with Gasteiger partial charge in [-0.15, -0.1) is 0 Å². The fraction of sp³-hybridized carbons (Fsp3) is 0.545. The maximum Gasteiger partial charge on any atom is 0.326 e. The summed E-state index contributed by atoms with van der Waals surface area (Å²) in [5.41, 5.74) is 1.12. The Bertz CT molecular complexity index is 395. The first-order valence-corrected chi connectivity index (χ1v) is 6.84. The molecular formula is C11H17N3O3S. The molecule has 0 aliphatic carbocycles. The first kappa shape index (κ1) is 14.6. The average molecular weight is 271 g/mol. The molecule has 1 unspecified atom stereocenters. The maximum atomic E-state index is 10.8. The summed E-state index contributed by atoms with van der Waals surface area (Å²) >= 11 is 1.63. The van der Waals surface area contributed by atoms with Crippen molar-refractivity contribution in [2.24, 2.45) is 0 Å². The van der Waals surface area contributed by atoms with Gasteiger partial charge in [0.2, 0.25) is 6.41 Å². The SMILES string of the molecule is CCn1cc(CSCCC(NC=O)C(=O)O)cn1. The van der Waals surface area contributed by atoms with Gasteiger partial charge in [0.25, 0.3) is 0 Å². The van der Waals surface area contributed by atoms with Crippen molar-refractivity contribution in [3.63, 3.8) is 0 Å². The van der Waals surface area contributed by atoms with E-state index >= 15 is 0 Å². The summed E-state index contributed by atoms with van der Waals surface area (Å²) in [7, 11) is 0. The predicted molar refractivity (Wildman–Crippen MR) is 69.3 cm³/mol. The van der Waals surface area contributed by atoms with Crippen LogP contribution < -0.4 is 5.32 Å². The van der Waals surface area contributed by atoms with Gasteiger partial charge in [0, 0.05) is 18.5 Å². The van der Waals surface area contributed by atoms with Gasteiger partial charge in [-0.2, -0.15) is 16.9 Å². The number of nitrogens with one attached hydrogen (secondary N) is 1. The number of carboxylic acids is 1. The monoisotopic (exact) mass is 271 g/mol. The van der Waals surface area contributed by atoms with E-state index in [1.165, 1.54) is 0 Å². The molecule has 0 bridgehead atoms. The fourth-order valence-corrected chi connectivity index (χ4v) is 2.34. The number of carbonyl (C=O) groups is 2. The molecule has 1 amide bonds. The Balaban J connectivity index is 2.24. The molecule has 0 fully saturated rings. The topological polar surface area (TPSA) is 84.2 Å². The molecule has 0 aliphatic rings. The minimum Gasteiger partial charge on any atom is -0.480 e. The third kappa shape index (κ3) is 4.79. The van der Waals surface area contributed by atoms with Crippen LogP contribution in [-0.4, -0.2) is 39.1 Å². The second-order valence-corrected chi connectivity index (χ2v) is 4.83. The van der Waals surface area contributed by atoms with Crippen molar-refractivity contribution in [3.05, 3.63) is 18.0 Å². The molecule has 18 heavy (non-hydrogen) atoms. The lowest BCUT2D eigenvalue weighted by atomic mass is 10.2. The lowest BCUT2D eigenvalue weighted by Gasteiger charge is -2.09. The zero-order chi connectivity index (χ0) is 13.4. The maximum absolute atomic E-state index is 10.8. The smallest absolute Gasteiger partial charge is 0.326 e. The number of carboxylic acid groups (broad SMARTS) is 1. The quantitative estimate of drug-likeness (QED) is 0.511. The van der Waals surface area contributed by atoms with Gasteiger partial charge in [-0.05, 0) is 24.7 Å². The number of nitrogens with zero attached hydrogens (tertiary/aromatic N) is 2. The number of hydrogen-bond acceptors (Lipinski definition) is 4. The summed E-state index contributed by atoms with van der Waals surface area (Å²) in [5, 5.41) is 15.3. The molecule has 0 aliphatic heterocycles. The minimum atomic E-state index is -0.999. The van der Waals surface area contributed by atoms with Crippen molar-refractivity contribution in [1.82, 2.24) is 15.1 Å². The van der Waals surface area contributed by atoms with Gasteiger partial charge in [-0.1, -0.05) is 0 Å². The van der Waals surface area contributed by atoms with Crippen LogP contribution in [0.5, 0.6) is 0 Å². The predicted octanol–water partition coefficient (Wildman–Crippen LogP) is 0.725. The lowest BCUT2D eigenvalue weighted by molar-refractivity contribution is -0.140. The minimum absolute atomic E-state index is 0.417. The molecule has 0 saturated carbocycles. The number of rotatable bonds is 9. The van der Waals surface area contributed by atoms with E-state index in [-0.39, 0.29) is 0 Å². The highest BCUT2D eigenvalue weighted by Gasteiger charge is 2.15. The van der Waals surface area contributed by atoms with Crippen LogP contribution in [-0.2, 0) is 21.9 Å². The Hall–Kier alpha value is -1.50. The number of aliphatic carboxylic acids is 1. The summed E-state index contributed by atoms with van der Waals surface area (Å²) in [5.74, 6) is 0.476. The zero-order valence-electron chi connectivity index (χ0n) is 10.2. The van der Waals surface area contributed by atoms with Crippen molar-refractivity contribution in [2.45, 2.75) is 31.7 Å². The highest BCUT2D eigenvalue weighted by molar-refractivity contribution is 7.98. The molecule has 6 nitrogen and oxygen atoms in total. The van der Waals surface area contributed by atoms with Crippen LogP contribution in [0.25, 0.3) is 0 Å². The lowest BCUT2D eigenvalue weighted by Crippen LogP contribution is -2.36. The van der Waals surface area contributed by atoms with Crippen LogP contribution in [0.4, 0.5) is 0 Å². The number of carbonyl (C=O) groups excluding carboxylic acids is 1. The Morgan fingerprint density at radius 1 is 1.72 bits per heavy atom. The molecule has 2 N–H and O–H groups in total. The van der Waals surface area contributed by atoms with E-state index in [9.17, 15) is 9.59 Å². The van der Waals surface area contributed by atoms with Gasteiger partial charge >= 0.3 is 5.97 Å². The molecule has 7 heteroatoms. The second kappa shape index (κ2) is 7.75. The van der Waals surface area contributed by atoms with Crippen molar-refractivity contribution in [1.29, 1.82) is 0 Å². The summed E-state index contributed by atoms with van der Waals surface area (Å²) in [6.07, 6.45) is 4.63. The van der Waals surface area contributed by atoms with Gasteiger partial charge in [0.05, 0.1) is 6.20 Å². The van der Waals surface area contributed by atoms with Crippen molar-refractivity contribution >= 4 is 24.1 Å². The molecule has 0 aromatic carbocycles. The van der Waals surface area contributed by atoms with E-state index < -0.39 is 12.0 Å². The Morgan fingerprint density at radius 3 is 3.06 bits per heavy atom. The largest absolute Gasteiger partial charge is 0.480 e. The molecule has 1 atom stereocenters. The molecule has 100 valence electrons. The Morgan fingerprint density at radius 2 is 2.50 bits per heavy atom. The standard InChI is InChI=1S/C11H17N3O3S/c1-2-14-6-9(5-13-14)7-18-4-3-10(11(16)17)12-8-15/h5-6,8,10H,2-4,7H2,1H3,(H,12,15)(H,16,17). The molecule has 1 aromatic heterocycles. The van der Waals surface area contributed by atoms with E-state index in [1.54, 1.807) is 11.8 Å². The van der Waals surface area contributed by atoms with Crippen LogP contribution in [0.1, 0.15) is 18.9 Å². The van der Waals surface area contributed by atoms with Gasteiger partial charge in [-0.3, -0.25) is 9.48 Å². The summed E-state index contributed by atoms with van der Waals surface area (Å²) in [6.45, 7) is 2.86. The second-order valence-electron chi connectivity index (χ2n) is 3.72. The van der Waals surface area contributed by atoms with Gasteiger partial charge < -0.3 is 10.4 Å². The Labute approximate surface area is 110 Å². The van der Waals surface area contributed by atoms with Crippen LogP contribution in [0.2, 0.25) is 0 Å². The van der Waals surface area contributed by atoms with Crippen molar-refractivity contribution < 1.29 is 14.7 Å². The molecular weight excluding hydrogens is 254 g/mol. The highest BCUT2D eigenvalue weighted by atomic mass is 32.2. The third-order valence-corrected chi connectivity index (χ3v) is 3.46. The van der Waals surface area contributed by atoms with Crippen LogP contribution in [0.3, 0.4) is 0 Å². The normalized spacial score (nSPS) is 12.1. The third-order valence-electron chi connectivity index (χ3n) is 2.40. The van der Waals surface area contributed by atoms with Gasteiger partial charge in [0.15, 0.2) is 0 Å². The number of thioether (sulfide) groups is 1. The number of hydrogen-bond donors (Lipinski definition) is 2. The highest BCUT2D eigenvalue weighted by Crippen LogP contribution is 2.13. The van der Waals surface area contributed by atoms with Crippen LogP contribution in [0, 0.1) is 0 Å². The van der Waals surface area contributed by atoms with Crippen molar-refractivity contribution in [2.75, 3.05) is 5.75 Å². The summed E-state index contributed by atoms with van der Waals surface area (Å²) in [6, 6.07) is -0.798. The van der Waals surface area contributed by atoms with Crippen molar-refractivity contribution in [3.8, 4) is 0 Å². The van der Waals surface area contributed by atoms with E-state index in [0.29, 0.717) is 18.6 Å². The van der Waals surface area contributed by atoms with E-state index in [1.807, 2.05) is 24.0 Å². The number of aryl methyl sites for hydroxylation is 1. The van der Waals surface area contributed by atoms with E-state index in [4.69, 9.17) is 5.11 Å². The number of amides is 1.